The molecule has 0 aliphatic heterocycles. The SMILES string of the molecule is CC(C)(C)Cc1ccnc(-c2[c-]cc([Si](C)(C)C)c3c2oc2ccccc23)c1.Cc1ccnc(-c2[c-]cccc2)c1.[Ir]. The number of para-hydroxylation sites is 1. The Morgan fingerprint density at radius 2 is 1.55 bits per heavy atom. The van der Waals surface area contributed by atoms with E-state index in [0.717, 1.165) is 40.1 Å². The van der Waals surface area contributed by atoms with Crippen LogP contribution in [0.5, 0.6) is 0 Å². The minimum absolute atomic E-state index is 0. The summed E-state index contributed by atoms with van der Waals surface area (Å²) in [5.41, 5.74) is 8.54. The molecule has 0 amide bonds. The van der Waals surface area contributed by atoms with Crippen LogP contribution in [-0.4, -0.2) is 18.0 Å². The van der Waals surface area contributed by atoms with E-state index in [0.29, 0.717) is 0 Å². The van der Waals surface area contributed by atoms with Gasteiger partial charge < -0.3 is 14.4 Å². The summed E-state index contributed by atoms with van der Waals surface area (Å²) in [4.78, 5) is 8.95. The molecular formula is C37H38IrN2OSi-2. The molecule has 6 rings (SSSR count). The molecule has 1 radical (unpaired) electrons. The third kappa shape index (κ3) is 7.33. The van der Waals surface area contributed by atoms with Crippen molar-refractivity contribution in [1.82, 2.24) is 9.97 Å². The van der Waals surface area contributed by atoms with E-state index in [1.54, 1.807) is 0 Å². The van der Waals surface area contributed by atoms with Gasteiger partial charge in [-0.05, 0) is 48.3 Å². The summed E-state index contributed by atoms with van der Waals surface area (Å²) >= 11 is 0. The third-order valence-electron chi connectivity index (χ3n) is 6.98. The van der Waals surface area contributed by atoms with Crippen LogP contribution >= 0.6 is 0 Å². The van der Waals surface area contributed by atoms with E-state index in [4.69, 9.17) is 4.42 Å². The Hall–Kier alpha value is -3.37. The maximum Gasteiger partial charge on any atom is 0.120 e. The van der Waals surface area contributed by atoms with Gasteiger partial charge >= 0.3 is 0 Å². The molecule has 0 spiro atoms. The maximum absolute atomic E-state index is 6.37. The van der Waals surface area contributed by atoms with E-state index in [9.17, 15) is 0 Å². The molecule has 0 N–H and O–H groups in total. The van der Waals surface area contributed by atoms with Gasteiger partial charge in [-0.1, -0.05) is 92.8 Å². The Balaban J connectivity index is 0.000000243. The first-order chi connectivity index (χ1) is 19.5. The van der Waals surface area contributed by atoms with Gasteiger partial charge in [0.1, 0.15) is 5.58 Å². The quantitative estimate of drug-likeness (QED) is 0.133. The first-order valence-corrected chi connectivity index (χ1v) is 17.7. The van der Waals surface area contributed by atoms with Crippen LogP contribution in [0.15, 0.2) is 95.7 Å². The third-order valence-corrected chi connectivity index (χ3v) is 8.99. The number of benzene rings is 3. The molecule has 0 saturated carbocycles. The fraction of sp³-hybridized carbons (Fsp3) is 0.243. The molecule has 217 valence electrons. The average Bonchev–Trinajstić information content (AvgIpc) is 3.32. The zero-order chi connectivity index (χ0) is 29.2. The molecule has 0 atom stereocenters. The number of hydrogen-bond acceptors (Lipinski definition) is 3. The second-order valence-corrected chi connectivity index (χ2v) is 17.9. The molecule has 0 saturated heterocycles. The van der Waals surface area contributed by atoms with E-state index in [1.807, 2.05) is 48.8 Å². The van der Waals surface area contributed by atoms with Crippen LogP contribution in [0.3, 0.4) is 0 Å². The molecule has 0 aliphatic rings. The van der Waals surface area contributed by atoms with Crippen molar-refractivity contribution >= 4 is 35.2 Å². The van der Waals surface area contributed by atoms with Gasteiger partial charge in [0.2, 0.25) is 0 Å². The van der Waals surface area contributed by atoms with Gasteiger partial charge in [0.25, 0.3) is 0 Å². The molecule has 3 nitrogen and oxygen atoms in total. The summed E-state index contributed by atoms with van der Waals surface area (Å²) in [6.07, 6.45) is 4.75. The van der Waals surface area contributed by atoms with E-state index < -0.39 is 8.07 Å². The molecule has 3 aromatic carbocycles. The number of hydrogen-bond donors (Lipinski definition) is 0. The first kappa shape index (κ1) is 31.6. The number of rotatable bonds is 4. The van der Waals surface area contributed by atoms with E-state index in [2.05, 4.69) is 112 Å². The van der Waals surface area contributed by atoms with Crippen molar-refractivity contribution in [3.05, 3.63) is 115 Å². The Morgan fingerprint density at radius 3 is 2.24 bits per heavy atom. The Labute approximate surface area is 264 Å². The molecular weight excluding hydrogens is 709 g/mol. The first-order valence-electron chi connectivity index (χ1n) is 14.2. The minimum Gasteiger partial charge on any atom is -0.501 e. The van der Waals surface area contributed by atoms with Crippen LogP contribution in [0.1, 0.15) is 31.9 Å². The number of fused-ring (bicyclic) bond motifs is 3. The Bertz CT molecular complexity index is 1800. The summed E-state index contributed by atoms with van der Waals surface area (Å²) in [6, 6.07) is 33.4. The molecule has 3 heterocycles. The van der Waals surface area contributed by atoms with Gasteiger partial charge in [0.15, 0.2) is 0 Å². The van der Waals surface area contributed by atoms with E-state index >= 15 is 0 Å². The van der Waals surface area contributed by atoms with Crippen LogP contribution < -0.4 is 5.19 Å². The van der Waals surface area contributed by atoms with E-state index in [1.165, 1.54) is 27.1 Å². The van der Waals surface area contributed by atoms with Gasteiger partial charge in [0.05, 0.1) is 5.58 Å². The number of furan rings is 1. The van der Waals surface area contributed by atoms with Gasteiger partial charge in [-0.25, -0.2) is 0 Å². The second-order valence-electron chi connectivity index (χ2n) is 12.9. The second kappa shape index (κ2) is 12.9. The molecule has 6 aromatic rings. The summed E-state index contributed by atoms with van der Waals surface area (Å²) in [5, 5.41) is 3.82. The van der Waals surface area contributed by atoms with Crippen molar-refractivity contribution in [2.45, 2.75) is 53.8 Å². The number of pyridine rings is 2. The minimum atomic E-state index is -1.56. The summed E-state index contributed by atoms with van der Waals surface area (Å²) in [5.74, 6) is 0. The maximum atomic E-state index is 6.37. The molecule has 3 aromatic heterocycles. The van der Waals surface area contributed by atoms with E-state index in [-0.39, 0.29) is 25.5 Å². The number of aryl methyl sites for hydroxylation is 1. The van der Waals surface area contributed by atoms with Crippen LogP contribution in [0.4, 0.5) is 0 Å². The van der Waals surface area contributed by atoms with Crippen molar-refractivity contribution < 1.29 is 24.5 Å². The van der Waals surface area contributed by atoms with Gasteiger partial charge in [-0.2, -0.15) is 0 Å². The Morgan fingerprint density at radius 1 is 0.833 bits per heavy atom. The zero-order valence-corrected chi connectivity index (χ0v) is 28.9. The van der Waals surface area contributed by atoms with Crippen molar-refractivity contribution in [1.29, 1.82) is 0 Å². The van der Waals surface area contributed by atoms with Crippen LogP contribution in [0.2, 0.25) is 19.6 Å². The molecule has 0 fully saturated rings. The van der Waals surface area contributed by atoms with Crippen molar-refractivity contribution in [3.8, 4) is 22.5 Å². The average molecular weight is 747 g/mol. The van der Waals surface area contributed by atoms with Crippen molar-refractivity contribution in [2.75, 3.05) is 0 Å². The molecule has 42 heavy (non-hydrogen) atoms. The van der Waals surface area contributed by atoms with Gasteiger partial charge in [-0.15, -0.1) is 53.2 Å². The van der Waals surface area contributed by atoms with Gasteiger partial charge in [-0.3, -0.25) is 0 Å². The van der Waals surface area contributed by atoms with Crippen LogP contribution in [-0.2, 0) is 26.5 Å². The fourth-order valence-electron chi connectivity index (χ4n) is 5.12. The monoisotopic (exact) mass is 747 g/mol. The topological polar surface area (TPSA) is 38.9 Å². The summed E-state index contributed by atoms with van der Waals surface area (Å²) in [6.45, 7) is 16.0. The predicted octanol–water partition coefficient (Wildman–Crippen LogP) is 9.44. The molecule has 0 aliphatic carbocycles. The normalized spacial score (nSPS) is 11.6. The molecule has 5 heteroatoms. The van der Waals surface area contributed by atoms with Gasteiger partial charge in [0, 0.05) is 46.0 Å². The number of nitrogens with zero attached hydrogens (tertiary/aromatic N) is 2. The summed E-state index contributed by atoms with van der Waals surface area (Å²) in [7, 11) is -1.56. The largest absolute Gasteiger partial charge is 0.501 e. The smallest absolute Gasteiger partial charge is 0.120 e. The molecule has 0 bridgehead atoms. The fourth-order valence-corrected chi connectivity index (χ4v) is 6.63. The summed E-state index contributed by atoms with van der Waals surface area (Å²) < 4.78 is 6.37. The predicted molar refractivity (Wildman–Crippen MR) is 175 cm³/mol. The number of aromatic nitrogens is 2. The molecule has 0 unspecified atom stereocenters. The zero-order valence-electron chi connectivity index (χ0n) is 25.5. The van der Waals surface area contributed by atoms with Crippen LogP contribution in [0.25, 0.3) is 44.5 Å². The standard InChI is InChI=1S/C25H28NOSi.C12H10N.Ir/c1-25(2,3)16-17-13-14-26-20(15-17)18-11-12-22(28(4,5)6)23-19-9-7-8-10-21(19)27-24(18)23;1-10-7-8-13-12(9-10)11-5-3-2-4-6-11;/h7-10,12-15H,16H2,1-6H3;2-5,7-9H,1H3;/q2*-1;. The van der Waals surface area contributed by atoms with Crippen molar-refractivity contribution in [2.24, 2.45) is 5.41 Å². The van der Waals surface area contributed by atoms with Crippen molar-refractivity contribution in [3.63, 3.8) is 0 Å². The Kier molecular flexibility index (Phi) is 9.67. The van der Waals surface area contributed by atoms with Crippen LogP contribution in [0, 0.1) is 24.5 Å².